The monoisotopic (exact) mass is 254 g/mol. The molecule has 1 N–H and O–H groups in total. The highest BCUT2D eigenvalue weighted by atomic mass is 32.2. The van der Waals surface area contributed by atoms with E-state index in [1.54, 1.807) is 18.0 Å². The molecule has 0 saturated heterocycles. The van der Waals surface area contributed by atoms with Crippen LogP contribution >= 0.6 is 11.8 Å². The minimum atomic E-state index is 0.590. The smallest absolute Gasteiger partial charge is 0.256 e. The number of nitrogens with one attached hydrogen (secondary N) is 1. The topological polar surface area (TPSA) is 38.1 Å². The largest absolute Gasteiger partial charge is 0.440 e. The van der Waals surface area contributed by atoms with Gasteiger partial charge in [0.05, 0.1) is 5.69 Å². The molecular weight excluding hydrogens is 232 g/mol. The lowest BCUT2D eigenvalue weighted by molar-refractivity contribution is 0.412. The standard InChI is InChI=1S/C13H22N2OS/c1-10-9-16-13(15-10)17-12-8-6-4-3-5-7-11(12)14-2/h9,11-12,14H,3-8H2,1-2H3. The summed E-state index contributed by atoms with van der Waals surface area (Å²) in [6, 6.07) is 0.590. The molecule has 4 heteroatoms. The van der Waals surface area contributed by atoms with Gasteiger partial charge in [0.25, 0.3) is 5.22 Å². The Morgan fingerprint density at radius 2 is 2.06 bits per heavy atom. The summed E-state index contributed by atoms with van der Waals surface area (Å²) in [7, 11) is 2.07. The van der Waals surface area contributed by atoms with Crippen LogP contribution in [0.4, 0.5) is 0 Å². The number of aryl methyl sites for hydroxylation is 1. The Bertz CT molecular complexity index is 340. The molecular formula is C13H22N2OS. The predicted octanol–water partition coefficient (Wildman–Crippen LogP) is 3.39. The molecule has 0 radical (unpaired) electrons. The first-order chi connectivity index (χ1) is 8.29. The molecule has 1 aromatic rings. The highest BCUT2D eigenvalue weighted by Gasteiger charge is 2.24. The fourth-order valence-corrected chi connectivity index (χ4v) is 3.72. The molecule has 2 unspecified atom stereocenters. The zero-order chi connectivity index (χ0) is 12.1. The second-order valence-electron chi connectivity index (χ2n) is 4.80. The third-order valence-corrected chi connectivity index (χ3v) is 4.68. The van der Waals surface area contributed by atoms with Gasteiger partial charge in [0.15, 0.2) is 0 Å². The van der Waals surface area contributed by atoms with Crippen LogP contribution < -0.4 is 5.32 Å². The van der Waals surface area contributed by atoms with Gasteiger partial charge < -0.3 is 9.73 Å². The van der Waals surface area contributed by atoms with E-state index in [0.717, 1.165) is 10.9 Å². The van der Waals surface area contributed by atoms with Crippen molar-refractivity contribution in [2.24, 2.45) is 0 Å². The van der Waals surface area contributed by atoms with E-state index in [1.807, 2.05) is 6.92 Å². The molecule has 0 spiro atoms. The highest BCUT2D eigenvalue weighted by Crippen LogP contribution is 2.31. The molecule has 1 heterocycles. The summed E-state index contributed by atoms with van der Waals surface area (Å²) in [6.07, 6.45) is 9.69. The molecule has 2 rings (SSSR count). The lowest BCUT2D eigenvalue weighted by Gasteiger charge is -2.27. The summed E-state index contributed by atoms with van der Waals surface area (Å²) in [5, 5.41) is 4.88. The quantitative estimate of drug-likeness (QED) is 0.897. The maximum atomic E-state index is 5.46. The maximum Gasteiger partial charge on any atom is 0.256 e. The summed E-state index contributed by atoms with van der Waals surface area (Å²) in [4.78, 5) is 4.40. The van der Waals surface area contributed by atoms with Gasteiger partial charge in [-0.15, -0.1) is 0 Å². The van der Waals surface area contributed by atoms with E-state index in [0.29, 0.717) is 11.3 Å². The van der Waals surface area contributed by atoms with Crippen molar-refractivity contribution in [2.75, 3.05) is 7.05 Å². The average molecular weight is 254 g/mol. The second-order valence-corrected chi connectivity index (χ2v) is 5.99. The summed E-state index contributed by atoms with van der Waals surface area (Å²) in [5.41, 5.74) is 0.972. The minimum Gasteiger partial charge on any atom is -0.440 e. The molecule has 1 aliphatic carbocycles. The van der Waals surface area contributed by atoms with Crippen molar-refractivity contribution in [1.29, 1.82) is 0 Å². The van der Waals surface area contributed by atoms with Crippen molar-refractivity contribution in [3.63, 3.8) is 0 Å². The number of rotatable bonds is 3. The minimum absolute atomic E-state index is 0.590. The van der Waals surface area contributed by atoms with Crippen LogP contribution in [0.15, 0.2) is 15.9 Å². The van der Waals surface area contributed by atoms with Crippen LogP contribution in [0.1, 0.15) is 44.2 Å². The molecule has 0 aromatic carbocycles. The fraction of sp³-hybridized carbons (Fsp3) is 0.769. The van der Waals surface area contributed by atoms with Gasteiger partial charge in [-0.25, -0.2) is 4.98 Å². The van der Waals surface area contributed by atoms with E-state index in [4.69, 9.17) is 4.42 Å². The Kier molecular flexibility index (Phi) is 4.92. The van der Waals surface area contributed by atoms with Gasteiger partial charge in [-0.05, 0) is 26.8 Å². The second kappa shape index (κ2) is 6.45. The Labute approximate surface area is 108 Å². The first-order valence-electron chi connectivity index (χ1n) is 6.55. The van der Waals surface area contributed by atoms with Crippen LogP contribution in [0.25, 0.3) is 0 Å². The maximum absolute atomic E-state index is 5.46. The molecule has 2 atom stereocenters. The number of oxazole rings is 1. The van der Waals surface area contributed by atoms with Gasteiger partial charge in [0.1, 0.15) is 6.26 Å². The van der Waals surface area contributed by atoms with Crippen molar-refractivity contribution < 1.29 is 4.42 Å². The Morgan fingerprint density at radius 1 is 1.29 bits per heavy atom. The molecule has 1 fully saturated rings. The van der Waals surface area contributed by atoms with Crippen LogP contribution in [-0.2, 0) is 0 Å². The van der Waals surface area contributed by atoms with E-state index in [-0.39, 0.29) is 0 Å². The van der Waals surface area contributed by atoms with Gasteiger partial charge >= 0.3 is 0 Å². The zero-order valence-electron chi connectivity index (χ0n) is 10.7. The van der Waals surface area contributed by atoms with E-state index in [1.165, 1.54) is 38.5 Å². The summed E-state index contributed by atoms with van der Waals surface area (Å²) < 4.78 is 5.46. The molecule has 1 aromatic heterocycles. The highest BCUT2D eigenvalue weighted by molar-refractivity contribution is 7.99. The van der Waals surface area contributed by atoms with Crippen molar-refractivity contribution in [1.82, 2.24) is 10.3 Å². The first-order valence-corrected chi connectivity index (χ1v) is 7.43. The van der Waals surface area contributed by atoms with Gasteiger partial charge in [-0.3, -0.25) is 0 Å². The van der Waals surface area contributed by atoms with Gasteiger partial charge in [0.2, 0.25) is 0 Å². The van der Waals surface area contributed by atoms with Gasteiger partial charge in [-0.2, -0.15) is 0 Å². The number of hydrogen-bond donors (Lipinski definition) is 1. The van der Waals surface area contributed by atoms with E-state index >= 15 is 0 Å². The van der Waals surface area contributed by atoms with Crippen molar-refractivity contribution in [3.8, 4) is 0 Å². The SMILES string of the molecule is CNC1CCCCCCC1Sc1nc(C)co1. The van der Waals surface area contributed by atoms with E-state index in [2.05, 4.69) is 17.3 Å². The number of aromatic nitrogens is 1. The van der Waals surface area contributed by atoms with Crippen LogP contribution in [0.5, 0.6) is 0 Å². The normalized spacial score (nSPS) is 26.5. The third kappa shape index (κ3) is 3.75. The fourth-order valence-electron chi connectivity index (χ4n) is 2.44. The molecule has 1 aliphatic rings. The van der Waals surface area contributed by atoms with Crippen LogP contribution in [0, 0.1) is 6.92 Å². The Morgan fingerprint density at radius 3 is 2.71 bits per heavy atom. The molecule has 0 aliphatic heterocycles. The molecule has 96 valence electrons. The summed E-state index contributed by atoms with van der Waals surface area (Å²) >= 11 is 1.80. The predicted molar refractivity (Wildman–Crippen MR) is 71.4 cm³/mol. The van der Waals surface area contributed by atoms with Crippen molar-refractivity contribution in [3.05, 3.63) is 12.0 Å². The third-order valence-electron chi connectivity index (χ3n) is 3.42. The number of nitrogens with zero attached hydrogens (tertiary/aromatic N) is 1. The van der Waals surface area contributed by atoms with Crippen molar-refractivity contribution >= 4 is 11.8 Å². The summed E-state index contributed by atoms with van der Waals surface area (Å²) in [6.45, 7) is 1.97. The lowest BCUT2D eigenvalue weighted by atomic mass is 9.96. The van der Waals surface area contributed by atoms with Gasteiger partial charge in [-0.1, -0.05) is 37.4 Å². The van der Waals surface area contributed by atoms with E-state index < -0.39 is 0 Å². The van der Waals surface area contributed by atoms with E-state index in [9.17, 15) is 0 Å². The molecule has 1 saturated carbocycles. The molecule has 0 bridgehead atoms. The summed E-state index contributed by atoms with van der Waals surface area (Å²) in [5.74, 6) is 0. The zero-order valence-corrected chi connectivity index (χ0v) is 11.6. The average Bonchev–Trinajstić information content (AvgIpc) is 2.69. The lowest BCUT2D eigenvalue weighted by Crippen LogP contribution is -2.36. The Hall–Kier alpha value is -0.480. The molecule has 17 heavy (non-hydrogen) atoms. The Balaban J connectivity index is 1.98. The van der Waals surface area contributed by atoms with Crippen LogP contribution in [-0.4, -0.2) is 23.3 Å². The number of hydrogen-bond acceptors (Lipinski definition) is 4. The number of thioether (sulfide) groups is 1. The molecule has 0 amide bonds. The van der Waals surface area contributed by atoms with Gasteiger partial charge in [0, 0.05) is 11.3 Å². The van der Waals surface area contributed by atoms with Crippen LogP contribution in [0.3, 0.4) is 0 Å². The van der Waals surface area contributed by atoms with Crippen molar-refractivity contribution in [2.45, 2.75) is 62.0 Å². The van der Waals surface area contributed by atoms with Crippen LogP contribution in [0.2, 0.25) is 0 Å². The molecule has 3 nitrogen and oxygen atoms in total. The first kappa shape index (κ1) is 13.0.